The predicted molar refractivity (Wildman–Crippen MR) is 353 cm³/mol. The number of hydrogen-bond acceptors (Lipinski definition) is 3. The summed E-state index contributed by atoms with van der Waals surface area (Å²) in [5.41, 5.74) is 16.7. The minimum absolute atomic E-state index is 0.163. The van der Waals surface area contributed by atoms with E-state index in [-0.39, 0.29) is 34.2 Å². The monoisotopic (exact) mass is 1180 g/mol. The lowest BCUT2D eigenvalue weighted by atomic mass is 9.76. The quantitative estimate of drug-likeness (QED) is 0.0862. The Bertz CT molecular complexity index is 2780. The minimum Gasteiger partial charge on any atom is -0.508 e. The third-order valence-corrected chi connectivity index (χ3v) is 14.9. The molecule has 3 N–H and O–H groups in total. The molecule has 0 radical (unpaired) electrons. The van der Waals surface area contributed by atoms with Gasteiger partial charge in [-0.05, 0) is 185 Å². The molecule has 2 aliphatic carbocycles. The molecule has 9 heteroatoms. The third kappa shape index (κ3) is 30.2. The summed E-state index contributed by atoms with van der Waals surface area (Å²) in [7, 11) is 1.47. The maximum atomic E-state index is 13.1. The highest BCUT2D eigenvalue weighted by atomic mass is 35.5. The number of nitrogen functional groups attached to an aromatic ring is 1. The van der Waals surface area contributed by atoms with Crippen LogP contribution in [0, 0.1) is 40.5 Å². The number of aromatic hydroxyl groups is 1. The Morgan fingerprint density at radius 2 is 0.964 bits per heavy atom. The number of nitrogens with two attached hydrogens (primary N) is 1. The van der Waals surface area contributed by atoms with Crippen molar-refractivity contribution in [1.29, 1.82) is 0 Å². The lowest BCUT2D eigenvalue weighted by Gasteiger charge is -2.29. The van der Waals surface area contributed by atoms with Crippen molar-refractivity contribution in [1.82, 2.24) is 0 Å². The molecule has 0 saturated carbocycles. The van der Waals surface area contributed by atoms with E-state index in [9.17, 15) is 22.7 Å². The van der Waals surface area contributed by atoms with Crippen molar-refractivity contribution in [2.24, 2.45) is 17.3 Å². The van der Waals surface area contributed by atoms with Gasteiger partial charge < -0.3 is 15.6 Å². The van der Waals surface area contributed by atoms with E-state index in [1.165, 1.54) is 87.1 Å². The number of anilines is 1. The number of halogens is 6. The van der Waals surface area contributed by atoms with Gasteiger partial charge in [0.05, 0.1) is 12.1 Å². The van der Waals surface area contributed by atoms with Crippen molar-refractivity contribution in [3.05, 3.63) is 217 Å². The zero-order valence-corrected chi connectivity index (χ0v) is 55.4. The number of allylic oxidation sites excluding steroid dienone is 4. The molecule has 0 aromatic heterocycles. The first-order valence-corrected chi connectivity index (χ1v) is 30.6. The molecule has 0 atom stereocenters. The maximum absolute atomic E-state index is 13.1. The van der Waals surface area contributed by atoms with Crippen molar-refractivity contribution < 1.29 is 27.4 Å². The predicted octanol–water partition coefficient (Wildman–Crippen LogP) is 24.6. The van der Waals surface area contributed by atoms with Crippen LogP contribution in [-0.4, -0.2) is 12.2 Å². The van der Waals surface area contributed by atoms with E-state index in [1.807, 2.05) is 102 Å². The zero-order chi connectivity index (χ0) is 63.1. The van der Waals surface area contributed by atoms with E-state index >= 15 is 0 Å². The average molecular weight is 1190 g/mol. The molecule has 2 aliphatic rings. The Balaban J connectivity index is 0.000000475. The number of para-hydroxylation sites is 2. The summed E-state index contributed by atoms with van der Waals surface area (Å²) in [5, 5.41) is 9.92. The Hall–Kier alpha value is -5.50. The van der Waals surface area contributed by atoms with Crippen LogP contribution in [-0.2, 0) is 0 Å². The van der Waals surface area contributed by atoms with Gasteiger partial charge in [0.15, 0.2) is 11.6 Å². The Kier molecular flexibility index (Phi) is 35.6. The molecule has 0 unspecified atom stereocenters. The van der Waals surface area contributed by atoms with Crippen LogP contribution >= 0.6 is 23.2 Å². The van der Waals surface area contributed by atoms with E-state index in [4.69, 9.17) is 33.7 Å². The van der Waals surface area contributed by atoms with E-state index in [2.05, 4.69) is 101 Å². The molecular weight excluding hydrogens is 1080 g/mol. The van der Waals surface area contributed by atoms with Gasteiger partial charge in [-0.25, -0.2) is 17.6 Å². The van der Waals surface area contributed by atoms with Crippen LogP contribution in [0.2, 0.25) is 10.0 Å². The van der Waals surface area contributed by atoms with Gasteiger partial charge in [-0.1, -0.05) is 238 Å². The topological polar surface area (TPSA) is 55.5 Å². The first-order chi connectivity index (χ1) is 38.8. The molecule has 0 saturated heterocycles. The van der Waals surface area contributed by atoms with Crippen molar-refractivity contribution in [3.8, 4) is 11.5 Å². The van der Waals surface area contributed by atoms with Crippen LogP contribution in [0.4, 0.5) is 23.2 Å². The molecule has 6 aromatic rings. The minimum atomic E-state index is -0.335. The van der Waals surface area contributed by atoms with Gasteiger partial charge in [0.25, 0.3) is 0 Å². The number of methoxy groups -OCH3 is 1. The van der Waals surface area contributed by atoms with Gasteiger partial charge in [-0.3, -0.25) is 0 Å². The highest BCUT2D eigenvalue weighted by molar-refractivity contribution is 6.31. The Morgan fingerprint density at radius 1 is 0.482 bits per heavy atom. The van der Waals surface area contributed by atoms with Crippen molar-refractivity contribution in [2.75, 3.05) is 12.8 Å². The van der Waals surface area contributed by atoms with Crippen molar-refractivity contribution in [3.63, 3.8) is 0 Å². The largest absolute Gasteiger partial charge is 0.508 e. The summed E-state index contributed by atoms with van der Waals surface area (Å²) in [5.74, 6) is 3.61. The van der Waals surface area contributed by atoms with Gasteiger partial charge >= 0.3 is 0 Å². The standard InChI is InChI=1S/C11H20.C10H13FO.2C9H10ClF.C9H11F.C9H13N.C9H12O.C8H14/c1-9(2)10-5-7-11(3,4)8-6-10;1-7(2)8-4-5-10(12-3)9(11)6-8;1-6(2)8-4-3-7(10)5-9(8)11;1-6(2)7-3-4-8(10)9(11)5-7;1-7(2)8-3-5-9(10)6-4-8;2*1-7(2)8-5-3-4-6-9(8)10;1-7(2)8-5-3-4-6-8/h5,9H,6-8H2,1-4H3;4-7H,1-3H3;2*3-6H,1-2H3;3-7H,1-2H3;3-7H,10H2,1-2H3;3-7,10H,1-2H3;5,7H,3-4,6H2,1-2H3. The summed E-state index contributed by atoms with van der Waals surface area (Å²) in [6, 6.07) is 36.8. The van der Waals surface area contributed by atoms with Crippen LogP contribution in [0.25, 0.3) is 0 Å². The molecular formula is C74H103Cl2F4NO2. The number of ether oxygens (including phenoxy) is 1. The molecule has 0 aliphatic heterocycles. The summed E-state index contributed by atoms with van der Waals surface area (Å²) < 4.78 is 56.1. The maximum Gasteiger partial charge on any atom is 0.165 e. The van der Waals surface area contributed by atoms with Crippen LogP contribution in [0.15, 0.2) is 151 Å². The highest BCUT2D eigenvalue weighted by Crippen LogP contribution is 2.36. The molecule has 0 fully saturated rings. The number of phenols is 1. The second-order valence-electron chi connectivity index (χ2n) is 24.5. The zero-order valence-electron chi connectivity index (χ0n) is 53.8. The summed E-state index contributed by atoms with van der Waals surface area (Å²) >= 11 is 11.1. The fourth-order valence-electron chi connectivity index (χ4n) is 8.58. The fourth-order valence-corrected chi connectivity index (χ4v) is 8.86. The van der Waals surface area contributed by atoms with Gasteiger partial charge in [0.1, 0.15) is 23.2 Å². The first-order valence-electron chi connectivity index (χ1n) is 29.8. The molecule has 8 rings (SSSR count). The van der Waals surface area contributed by atoms with E-state index in [1.54, 1.807) is 41.5 Å². The van der Waals surface area contributed by atoms with Crippen molar-refractivity contribution in [2.45, 2.75) is 199 Å². The van der Waals surface area contributed by atoms with E-state index in [0.717, 1.165) is 39.8 Å². The normalized spacial score (nSPS) is 13.1. The fraction of sp³-hybridized carbons (Fsp3) is 0.459. The smallest absolute Gasteiger partial charge is 0.165 e. The van der Waals surface area contributed by atoms with Crippen LogP contribution < -0.4 is 10.5 Å². The lowest BCUT2D eigenvalue weighted by molar-refractivity contribution is 0.317. The van der Waals surface area contributed by atoms with E-state index in [0.29, 0.717) is 51.5 Å². The second-order valence-corrected chi connectivity index (χ2v) is 25.4. The number of benzene rings is 6. The van der Waals surface area contributed by atoms with Crippen molar-refractivity contribution >= 4 is 28.9 Å². The number of phenolic OH excluding ortho intramolecular Hbond substituents is 1. The third-order valence-electron chi connectivity index (χ3n) is 14.3. The van der Waals surface area contributed by atoms with Gasteiger partial charge in [-0.15, -0.1) is 0 Å². The molecule has 0 spiro atoms. The summed E-state index contributed by atoms with van der Waals surface area (Å²) in [6.07, 6.45) is 12.9. The lowest BCUT2D eigenvalue weighted by Crippen LogP contribution is -2.15. The van der Waals surface area contributed by atoms with Crippen LogP contribution in [0.3, 0.4) is 0 Å². The SMILES string of the molecule is CC(C)C1=CCC(C)(C)CC1.CC(C)C1=CCCC1.CC(C)c1ccc(Cl)c(F)c1.CC(C)c1ccc(Cl)cc1F.CC(C)c1ccc(F)cc1.CC(C)c1ccccc1N.CC(C)c1ccccc1O.COc1ccc(C(C)C)cc1F. The summed E-state index contributed by atoms with van der Waals surface area (Å²) in [6.45, 7) is 38.5. The molecule has 83 heavy (non-hydrogen) atoms. The van der Waals surface area contributed by atoms with Crippen LogP contribution in [0.5, 0.6) is 11.5 Å². The Morgan fingerprint density at radius 3 is 1.34 bits per heavy atom. The van der Waals surface area contributed by atoms with Gasteiger partial charge in [0.2, 0.25) is 0 Å². The first kappa shape index (κ1) is 75.5. The van der Waals surface area contributed by atoms with Gasteiger partial charge in [0, 0.05) is 10.7 Å². The molecule has 458 valence electrons. The highest BCUT2D eigenvalue weighted by Gasteiger charge is 2.22. The molecule has 0 amide bonds. The molecule has 0 bridgehead atoms. The summed E-state index contributed by atoms with van der Waals surface area (Å²) in [4.78, 5) is 0. The van der Waals surface area contributed by atoms with E-state index < -0.39 is 0 Å². The molecule has 0 heterocycles. The van der Waals surface area contributed by atoms with Gasteiger partial charge in [-0.2, -0.15) is 0 Å². The van der Waals surface area contributed by atoms with Crippen LogP contribution in [0.1, 0.15) is 232 Å². The Labute approximate surface area is 511 Å². The molecule has 3 nitrogen and oxygen atoms in total. The molecule has 6 aromatic carbocycles. The number of rotatable bonds is 9. The second kappa shape index (κ2) is 39.2. The number of hydrogen-bond donors (Lipinski definition) is 2. The average Bonchev–Trinajstić information content (AvgIpc) is 3.98.